The highest BCUT2D eigenvalue weighted by atomic mass is 79.9. The van der Waals surface area contributed by atoms with Crippen molar-refractivity contribution in [2.24, 2.45) is 5.10 Å². The van der Waals surface area contributed by atoms with E-state index in [1.165, 1.54) is 23.0 Å². The van der Waals surface area contributed by atoms with Crippen LogP contribution in [0.4, 0.5) is 5.69 Å². The third kappa shape index (κ3) is 5.69. The predicted molar refractivity (Wildman–Crippen MR) is 144 cm³/mol. The highest BCUT2D eigenvalue weighted by molar-refractivity contribution is 9.10. The lowest BCUT2D eigenvalue weighted by atomic mass is 10.1. The lowest BCUT2D eigenvalue weighted by Gasteiger charge is -2.11. The van der Waals surface area contributed by atoms with E-state index in [2.05, 4.69) is 32.1 Å². The van der Waals surface area contributed by atoms with E-state index in [4.69, 9.17) is 16.3 Å². The molecule has 4 aromatic rings. The van der Waals surface area contributed by atoms with Crippen molar-refractivity contribution >= 4 is 50.3 Å². The Hall–Kier alpha value is -4.07. The van der Waals surface area contributed by atoms with Crippen LogP contribution in [0.25, 0.3) is 10.9 Å². The maximum absolute atomic E-state index is 13.2. The zero-order valence-electron chi connectivity index (χ0n) is 19.5. The smallest absolute Gasteiger partial charge is 0.313 e. The van der Waals surface area contributed by atoms with Crippen LogP contribution in [0.2, 0.25) is 5.02 Å². The first kappa shape index (κ1) is 26.0. The number of benzene rings is 3. The fourth-order valence-electron chi connectivity index (χ4n) is 3.68. The highest BCUT2D eigenvalue weighted by Crippen LogP contribution is 2.36. The number of nitro benzene ring substituents is 1. The van der Waals surface area contributed by atoms with Crippen LogP contribution in [-0.2, 0) is 13.0 Å². The van der Waals surface area contributed by atoms with Crippen LogP contribution in [0.5, 0.6) is 5.75 Å². The molecule has 0 spiro atoms. The quantitative estimate of drug-likeness (QED) is 0.143. The summed E-state index contributed by atoms with van der Waals surface area (Å²) in [6, 6.07) is 16.8. The monoisotopic (exact) mass is 579 g/mol. The second-order valence-electron chi connectivity index (χ2n) is 7.97. The van der Waals surface area contributed by atoms with Gasteiger partial charge in [-0.25, -0.2) is 4.98 Å². The van der Waals surface area contributed by atoms with Crippen LogP contribution >= 0.6 is 27.5 Å². The molecule has 1 heterocycles. The molecule has 9 nitrogen and oxygen atoms in total. The lowest BCUT2D eigenvalue weighted by Crippen LogP contribution is -2.22. The van der Waals surface area contributed by atoms with E-state index in [0.717, 1.165) is 10.9 Å². The molecule has 0 aliphatic rings. The van der Waals surface area contributed by atoms with E-state index in [9.17, 15) is 20.2 Å². The minimum atomic E-state index is -0.613. The Morgan fingerprint density at radius 2 is 2.05 bits per heavy atom. The molecule has 0 fully saturated rings. The molecule has 4 rings (SSSR count). The first-order chi connectivity index (χ1) is 17.8. The second-order valence-corrected chi connectivity index (χ2v) is 9.29. The molecule has 0 N–H and O–H groups in total. The summed E-state index contributed by atoms with van der Waals surface area (Å²) in [4.78, 5) is 28.9. The van der Waals surface area contributed by atoms with Gasteiger partial charge in [-0.05, 0) is 36.8 Å². The normalized spacial score (nSPS) is 11.1. The third-order valence-corrected chi connectivity index (χ3v) is 6.20. The van der Waals surface area contributed by atoms with Crippen LogP contribution < -0.4 is 10.3 Å². The van der Waals surface area contributed by atoms with Gasteiger partial charge < -0.3 is 4.74 Å². The number of fused-ring (bicyclic) bond motifs is 1. The SMILES string of the molecule is CCCc1nc2ccc(Br)cc2c(=O)n1N=Cc1cc(Cl)c(OCc2ccccc2C#N)c([N+](=O)[O-])c1. The molecule has 0 aliphatic carbocycles. The van der Waals surface area contributed by atoms with E-state index in [1.807, 2.05) is 13.0 Å². The Bertz CT molecular complexity index is 1650. The minimum absolute atomic E-state index is 0.00761. The van der Waals surface area contributed by atoms with Crippen molar-refractivity contribution in [1.82, 2.24) is 9.66 Å². The van der Waals surface area contributed by atoms with Gasteiger partial charge in [0.2, 0.25) is 5.75 Å². The van der Waals surface area contributed by atoms with E-state index < -0.39 is 4.92 Å². The lowest BCUT2D eigenvalue weighted by molar-refractivity contribution is -0.385. The number of aromatic nitrogens is 2. The maximum Gasteiger partial charge on any atom is 0.313 e. The molecule has 0 amide bonds. The fraction of sp³-hybridized carbons (Fsp3) is 0.154. The van der Waals surface area contributed by atoms with Gasteiger partial charge in [0.1, 0.15) is 12.4 Å². The Kier molecular flexibility index (Phi) is 7.96. The van der Waals surface area contributed by atoms with Crippen LogP contribution in [0.15, 0.2) is 69.0 Å². The summed E-state index contributed by atoms with van der Waals surface area (Å²) in [7, 11) is 0. The van der Waals surface area contributed by atoms with E-state index in [0.29, 0.717) is 39.8 Å². The van der Waals surface area contributed by atoms with E-state index in [1.54, 1.807) is 36.4 Å². The average Bonchev–Trinajstić information content (AvgIpc) is 2.88. The minimum Gasteiger partial charge on any atom is -0.481 e. The summed E-state index contributed by atoms with van der Waals surface area (Å²) < 4.78 is 7.59. The zero-order valence-corrected chi connectivity index (χ0v) is 21.9. The summed E-state index contributed by atoms with van der Waals surface area (Å²) in [5.74, 6) is 0.341. The molecule has 0 atom stereocenters. The molecule has 3 aromatic carbocycles. The van der Waals surface area contributed by atoms with Gasteiger partial charge >= 0.3 is 5.69 Å². The molecule has 0 bridgehead atoms. The summed E-state index contributed by atoms with van der Waals surface area (Å²) >= 11 is 9.73. The molecule has 0 saturated carbocycles. The van der Waals surface area contributed by atoms with E-state index >= 15 is 0 Å². The Balaban J connectivity index is 1.72. The fourth-order valence-corrected chi connectivity index (χ4v) is 4.32. The molecular formula is C26H19BrClN5O4. The number of hydrogen-bond donors (Lipinski definition) is 0. The Morgan fingerprint density at radius 1 is 1.27 bits per heavy atom. The van der Waals surface area contributed by atoms with Gasteiger partial charge in [-0.1, -0.05) is 52.7 Å². The molecule has 0 radical (unpaired) electrons. The maximum atomic E-state index is 13.2. The summed E-state index contributed by atoms with van der Waals surface area (Å²) in [5.41, 5.74) is 1.09. The second kappa shape index (κ2) is 11.3. The van der Waals surface area contributed by atoms with Crippen LogP contribution in [-0.4, -0.2) is 20.8 Å². The van der Waals surface area contributed by atoms with Gasteiger partial charge in [0.15, 0.2) is 0 Å². The van der Waals surface area contributed by atoms with Crippen LogP contribution in [0.1, 0.15) is 35.9 Å². The molecular weight excluding hydrogens is 562 g/mol. The number of nitrogens with zero attached hydrogens (tertiary/aromatic N) is 5. The number of ether oxygens (including phenoxy) is 1. The average molecular weight is 581 g/mol. The number of hydrogen-bond acceptors (Lipinski definition) is 7. The largest absolute Gasteiger partial charge is 0.481 e. The van der Waals surface area contributed by atoms with Crippen molar-refractivity contribution in [3.05, 3.63) is 107 Å². The molecule has 0 aliphatic heterocycles. The van der Waals surface area contributed by atoms with Crippen LogP contribution in [0.3, 0.4) is 0 Å². The van der Waals surface area contributed by atoms with Crippen molar-refractivity contribution in [1.29, 1.82) is 5.26 Å². The molecule has 186 valence electrons. The Morgan fingerprint density at radius 3 is 2.78 bits per heavy atom. The topological polar surface area (TPSA) is 123 Å². The zero-order chi connectivity index (χ0) is 26.5. The van der Waals surface area contributed by atoms with Gasteiger partial charge in [0, 0.05) is 28.1 Å². The van der Waals surface area contributed by atoms with Crippen molar-refractivity contribution in [3.8, 4) is 11.8 Å². The predicted octanol–water partition coefficient (Wildman–Crippen LogP) is 6.01. The number of rotatable bonds is 8. The van der Waals surface area contributed by atoms with E-state index in [-0.39, 0.29) is 28.6 Å². The van der Waals surface area contributed by atoms with Gasteiger partial charge in [0.25, 0.3) is 5.56 Å². The van der Waals surface area contributed by atoms with Crippen LogP contribution in [0, 0.1) is 21.4 Å². The van der Waals surface area contributed by atoms with Gasteiger partial charge in [0.05, 0.1) is 38.7 Å². The van der Waals surface area contributed by atoms with Crippen molar-refractivity contribution in [2.75, 3.05) is 0 Å². The van der Waals surface area contributed by atoms with Crippen molar-refractivity contribution < 1.29 is 9.66 Å². The molecule has 1 aromatic heterocycles. The molecule has 11 heteroatoms. The van der Waals surface area contributed by atoms with Crippen molar-refractivity contribution in [2.45, 2.75) is 26.4 Å². The first-order valence-corrected chi connectivity index (χ1v) is 12.3. The van der Waals surface area contributed by atoms with Gasteiger partial charge in [-0.2, -0.15) is 15.0 Å². The standard InChI is InChI=1S/C26H19BrClN5O4/c1-2-5-24-31-22-9-8-19(27)12-20(22)26(34)32(24)30-14-16-10-21(28)25(23(11-16)33(35)36)37-15-18-7-4-3-6-17(18)13-29/h3-4,6-12,14H,2,5,15H2,1H3. The van der Waals surface area contributed by atoms with Gasteiger partial charge in [-0.15, -0.1) is 0 Å². The molecule has 37 heavy (non-hydrogen) atoms. The number of nitro groups is 1. The summed E-state index contributed by atoms with van der Waals surface area (Å²) in [5, 5.41) is 25.8. The number of halogens is 2. The Labute approximate surface area is 224 Å². The van der Waals surface area contributed by atoms with Crippen molar-refractivity contribution in [3.63, 3.8) is 0 Å². The summed E-state index contributed by atoms with van der Waals surface area (Å²) in [6.07, 6.45) is 2.57. The highest BCUT2D eigenvalue weighted by Gasteiger charge is 2.21. The summed E-state index contributed by atoms with van der Waals surface area (Å²) in [6.45, 7) is 1.88. The first-order valence-electron chi connectivity index (χ1n) is 11.2. The number of aryl methyl sites for hydroxylation is 1. The number of nitriles is 1. The van der Waals surface area contributed by atoms with Gasteiger partial charge in [-0.3, -0.25) is 14.9 Å². The third-order valence-electron chi connectivity index (χ3n) is 5.42. The molecule has 0 unspecified atom stereocenters. The molecule has 0 saturated heterocycles.